The Morgan fingerprint density at radius 3 is 2.56 bits per heavy atom. The van der Waals surface area contributed by atoms with Crippen LogP contribution in [-0.4, -0.2) is 81.6 Å². The molecule has 3 heterocycles. The lowest BCUT2D eigenvalue weighted by Crippen LogP contribution is -2.47. The van der Waals surface area contributed by atoms with Crippen molar-refractivity contribution in [1.29, 1.82) is 0 Å². The van der Waals surface area contributed by atoms with Crippen LogP contribution in [0.25, 0.3) is 5.69 Å². The van der Waals surface area contributed by atoms with Gasteiger partial charge in [-0.15, -0.1) is 0 Å². The van der Waals surface area contributed by atoms with Crippen molar-refractivity contribution in [2.45, 2.75) is 45.0 Å². The highest BCUT2D eigenvalue weighted by atomic mass is 19.1. The second-order valence-corrected chi connectivity index (χ2v) is 9.99. The number of carbonyl (C=O) groups excluding carboxylic acids is 1. The molecule has 7 nitrogen and oxygen atoms in total. The lowest BCUT2D eigenvalue weighted by molar-refractivity contribution is -0.0159. The molecule has 8 heteroatoms. The van der Waals surface area contributed by atoms with Crippen LogP contribution in [0.3, 0.4) is 0 Å². The van der Waals surface area contributed by atoms with Crippen molar-refractivity contribution in [1.82, 2.24) is 19.6 Å². The van der Waals surface area contributed by atoms with Crippen molar-refractivity contribution in [3.05, 3.63) is 41.7 Å². The first-order chi connectivity index (χ1) is 15.3. The van der Waals surface area contributed by atoms with Crippen molar-refractivity contribution in [3.63, 3.8) is 0 Å². The van der Waals surface area contributed by atoms with Crippen molar-refractivity contribution >= 4 is 11.6 Å². The van der Waals surface area contributed by atoms with Gasteiger partial charge in [0.2, 0.25) is 0 Å². The average Bonchev–Trinajstić information content (AvgIpc) is 3.30. The number of piperazine rings is 1. The fourth-order valence-corrected chi connectivity index (χ4v) is 4.65. The summed E-state index contributed by atoms with van der Waals surface area (Å²) in [5, 5.41) is 14.4. The zero-order chi connectivity index (χ0) is 22.5. The Balaban J connectivity index is 1.40. The van der Waals surface area contributed by atoms with Crippen LogP contribution in [0.15, 0.2) is 30.6 Å². The number of anilines is 1. The molecule has 2 aliphatic heterocycles. The Kier molecular flexibility index (Phi) is 5.45. The van der Waals surface area contributed by atoms with Crippen LogP contribution in [0, 0.1) is 5.92 Å². The number of carbonyl (C=O) groups is 1. The largest absolute Gasteiger partial charge is 0.387 e. The molecule has 0 radical (unpaired) electrons. The summed E-state index contributed by atoms with van der Waals surface area (Å²) in [6.45, 7) is 8.12. The molecule has 1 N–H and O–H groups in total. The number of aliphatic hydroxyl groups is 1. The fraction of sp³-hybridized carbons (Fsp3) is 0.583. The van der Waals surface area contributed by atoms with Gasteiger partial charge >= 0.3 is 0 Å². The molecule has 1 unspecified atom stereocenters. The third-order valence-corrected chi connectivity index (χ3v) is 6.90. The highest BCUT2D eigenvalue weighted by Crippen LogP contribution is 2.35. The highest BCUT2D eigenvalue weighted by molar-refractivity contribution is 6.00. The fourth-order valence-electron chi connectivity index (χ4n) is 4.65. The van der Waals surface area contributed by atoms with Gasteiger partial charge < -0.3 is 14.9 Å². The number of nitrogens with zero attached hydrogens (tertiary/aromatic N) is 5. The molecule has 1 atom stereocenters. The van der Waals surface area contributed by atoms with E-state index in [-0.39, 0.29) is 12.5 Å². The van der Waals surface area contributed by atoms with Crippen LogP contribution in [0.4, 0.5) is 10.1 Å². The van der Waals surface area contributed by atoms with Gasteiger partial charge in [0.1, 0.15) is 6.17 Å². The van der Waals surface area contributed by atoms with E-state index in [0.29, 0.717) is 12.1 Å². The quantitative estimate of drug-likeness (QED) is 0.715. The predicted octanol–water partition coefficient (Wildman–Crippen LogP) is 2.47. The maximum absolute atomic E-state index is 14.5. The molecule has 172 valence electrons. The molecule has 5 rings (SSSR count). The van der Waals surface area contributed by atoms with E-state index in [2.05, 4.69) is 14.9 Å². The first kappa shape index (κ1) is 21.4. The number of hydrogen-bond donors (Lipinski definition) is 1. The van der Waals surface area contributed by atoms with Gasteiger partial charge in [0.05, 0.1) is 23.5 Å². The predicted molar refractivity (Wildman–Crippen MR) is 121 cm³/mol. The Hall–Kier alpha value is -2.45. The van der Waals surface area contributed by atoms with Gasteiger partial charge in [0.25, 0.3) is 5.91 Å². The minimum Gasteiger partial charge on any atom is -0.387 e. The Bertz CT molecular complexity index is 975. The minimum atomic E-state index is -1.51. The van der Waals surface area contributed by atoms with Gasteiger partial charge in [-0.25, -0.2) is 9.07 Å². The normalized spacial score (nSPS) is 20.7. The average molecular weight is 442 g/mol. The smallest absolute Gasteiger partial charge is 0.254 e. The van der Waals surface area contributed by atoms with Crippen LogP contribution in [-0.2, 0) is 6.54 Å². The summed E-state index contributed by atoms with van der Waals surface area (Å²) in [5.74, 6) is 0.709. The van der Waals surface area contributed by atoms with Gasteiger partial charge in [-0.2, -0.15) is 5.10 Å². The zero-order valence-electron chi connectivity index (χ0n) is 18.9. The Morgan fingerprint density at radius 2 is 1.94 bits per heavy atom. The molecule has 1 saturated carbocycles. The second kappa shape index (κ2) is 8.15. The van der Waals surface area contributed by atoms with Gasteiger partial charge in [0.15, 0.2) is 0 Å². The SMILES string of the molecule is CC(C)(O)C(F)CN1Cc2cc(-n3cccn3)c(N3CCN(CC4CC4)CC3)cc2C1=O. The summed E-state index contributed by atoms with van der Waals surface area (Å²) in [5.41, 5.74) is 1.95. The van der Waals surface area contributed by atoms with Crippen LogP contribution in [0.1, 0.15) is 42.6 Å². The van der Waals surface area contributed by atoms with Crippen LogP contribution in [0.5, 0.6) is 0 Å². The van der Waals surface area contributed by atoms with E-state index in [1.807, 2.05) is 29.1 Å². The number of hydrogen-bond acceptors (Lipinski definition) is 5. The van der Waals surface area contributed by atoms with Crippen LogP contribution < -0.4 is 4.90 Å². The third kappa shape index (κ3) is 4.26. The maximum Gasteiger partial charge on any atom is 0.254 e. The molecule has 1 aromatic heterocycles. The van der Waals surface area contributed by atoms with Crippen molar-refractivity contribution in [2.75, 3.05) is 44.2 Å². The molecule has 0 bridgehead atoms. The van der Waals surface area contributed by atoms with Crippen molar-refractivity contribution in [2.24, 2.45) is 5.92 Å². The van der Waals surface area contributed by atoms with Crippen molar-refractivity contribution < 1.29 is 14.3 Å². The monoisotopic (exact) mass is 441 g/mol. The number of fused-ring (bicyclic) bond motifs is 1. The van der Waals surface area contributed by atoms with Gasteiger partial charge in [-0.3, -0.25) is 9.69 Å². The molecule has 0 spiro atoms. The Labute approximate surface area is 188 Å². The number of rotatable bonds is 7. The van der Waals surface area contributed by atoms with Gasteiger partial charge in [-0.05, 0) is 56.4 Å². The number of alkyl halides is 1. The van der Waals surface area contributed by atoms with E-state index in [9.17, 15) is 14.3 Å². The van der Waals surface area contributed by atoms with E-state index >= 15 is 0 Å². The Morgan fingerprint density at radius 1 is 1.19 bits per heavy atom. The van der Waals surface area contributed by atoms with Gasteiger partial charge in [0, 0.05) is 57.2 Å². The summed E-state index contributed by atoms with van der Waals surface area (Å²) in [6.07, 6.45) is 4.87. The summed E-state index contributed by atoms with van der Waals surface area (Å²) < 4.78 is 16.3. The third-order valence-electron chi connectivity index (χ3n) is 6.90. The van der Waals surface area contributed by atoms with E-state index in [1.165, 1.54) is 38.1 Å². The molecule has 3 aliphatic rings. The maximum atomic E-state index is 14.5. The zero-order valence-corrected chi connectivity index (χ0v) is 18.9. The molecule has 32 heavy (non-hydrogen) atoms. The number of benzene rings is 1. The first-order valence-corrected chi connectivity index (χ1v) is 11.6. The van der Waals surface area contributed by atoms with Crippen molar-refractivity contribution in [3.8, 4) is 5.69 Å². The molecule has 1 aromatic carbocycles. The molecule has 1 amide bonds. The minimum absolute atomic E-state index is 0.122. The second-order valence-electron chi connectivity index (χ2n) is 9.99. The topological polar surface area (TPSA) is 64.8 Å². The molecule has 2 aromatic rings. The van der Waals surface area contributed by atoms with E-state index in [1.54, 1.807) is 6.20 Å². The molecule has 2 fully saturated rings. The number of amides is 1. The van der Waals surface area contributed by atoms with Crippen LogP contribution in [0.2, 0.25) is 0 Å². The molecular formula is C24H32FN5O2. The number of aromatic nitrogens is 2. The highest BCUT2D eigenvalue weighted by Gasteiger charge is 2.36. The van der Waals surface area contributed by atoms with Crippen LogP contribution >= 0.6 is 0 Å². The lowest BCUT2D eigenvalue weighted by Gasteiger charge is -2.37. The standard InChI is InChI=1S/C24H32FN5O2/c1-24(2,32)22(25)16-29-15-18-12-21(30-7-3-6-26-30)20(13-19(18)23(29)31)28-10-8-27(9-11-28)14-17-4-5-17/h3,6-7,12-13,17,22,32H,4-5,8-11,14-16H2,1-2H3. The summed E-state index contributed by atoms with van der Waals surface area (Å²) >= 11 is 0. The van der Waals surface area contributed by atoms with E-state index < -0.39 is 11.8 Å². The molecule has 1 saturated heterocycles. The molecule has 1 aliphatic carbocycles. The van der Waals surface area contributed by atoms with Gasteiger partial charge in [-0.1, -0.05) is 0 Å². The molecular weight excluding hydrogens is 409 g/mol. The summed E-state index contributed by atoms with van der Waals surface area (Å²) in [4.78, 5) is 19.5. The lowest BCUT2D eigenvalue weighted by atomic mass is 10.0. The first-order valence-electron chi connectivity index (χ1n) is 11.6. The summed E-state index contributed by atoms with van der Waals surface area (Å²) in [7, 11) is 0. The summed E-state index contributed by atoms with van der Waals surface area (Å²) in [6, 6.07) is 5.87. The van der Waals surface area contributed by atoms with E-state index in [0.717, 1.165) is 49.0 Å². The number of halogens is 1. The van der Waals surface area contributed by atoms with E-state index in [4.69, 9.17) is 0 Å².